The second kappa shape index (κ2) is 7.35. The lowest BCUT2D eigenvalue weighted by Crippen LogP contribution is -2.44. The lowest BCUT2D eigenvalue weighted by Gasteiger charge is -2.31. The topological polar surface area (TPSA) is 87.3 Å². The number of H-pyrrole nitrogens is 1. The number of carbonyl (C=O) groups excluding carboxylic acids is 2. The number of rotatable bonds is 3. The zero-order valence-corrected chi connectivity index (χ0v) is 15.5. The minimum Gasteiger partial charge on any atom is -0.444 e. The van der Waals surface area contributed by atoms with Gasteiger partial charge in [0.05, 0.1) is 11.0 Å². The van der Waals surface area contributed by atoms with Crippen molar-refractivity contribution in [3.8, 4) is 0 Å². The largest absolute Gasteiger partial charge is 0.444 e. The number of para-hydroxylation sites is 2. The van der Waals surface area contributed by atoms with E-state index in [1.165, 1.54) is 0 Å². The van der Waals surface area contributed by atoms with Gasteiger partial charge in [0.25, 0.3) is 0 Å². The Bertz CT molecular complexity index is 752. The zero-order chi connectivity index (χ0) is 18.7. The molecule has 2 N–H and O–H groups in total. The van der Waals surface area contributed by atoms with Crippen molar-refractivity contribution in [1.82, 2.24) is 20.2 Å². The Balaban J connectivity index is 1.48. The first kappa shape index (κ1) is 18.2. The van der Waals surface area contributed by atoms with E-state index in [4.69, 9.17) is 4.74 Å². The second-order valence-electron chi connectivity index (χ2n) is 7.65. The van der Waals surface area contributed by atoms with Crippen molar-refractivity contribution < 1.29 is 14.3 Å². The molecule has 7 heteroatoms. The van der Waals surface area contributed by atoms with Crippen molar-refractivity contribution in [1.29, 1.82) is 0 Å². The molecule has 140 valence electrons. The summed E-state index contributed by atoms with van der Waals surface area (Å²) >= 11 is 0. The monoisotopic (exact) mass is 358 g/mol. The van der Waals surface area contributed by atoms with Crippen LogP contribution in [0.5, 0.6) is 0 Å². The summed E-state index contributed by atoms with van der Waals surface area (Å²) in [4.78, 5) is 33.8. The van der Waals surface area contributed by atoms with E-state index >= 15 is 0 Å². The van der Waals surface area contributed by atoms with Crippen LogP contribution in [0.4, 0.5) is 4.79 Å². The van der Waals surface area contributed by atoms with Crippen molar-refractivity contribution in [3.05, 3.63) is 30.1 Å². The molecule has 0 unspecified atom stereocenters. The number of benzene rings is 1. The van der Waals surface area contributed by atoms with Crippen LogP contribution in [0.1, 0.15) is 45.4 Å². The smallest absolute Gasteiger partial charge is 0.408 e. The summed E-state index contributed by atoms with van der Waals surface area (Å²) in [7, 11) is 0. The zero-order valence-electron chi connectivity index (χ0n) is 15.5. The maximum Gasteiger partial charge on any atom is 0.408 e. The summed E-state index contributed by atoms with van der Waals surface area (Å²) in [6.45, 7) is 6.66. The molecule has 0 saturated carbocycles. The van der Waals surface area contributed by atoms with Gasteiger partial charge in [-0.3, -0.25) is 4.79 Å². The van der Waals surface area contributed by atoms with Gasteiger partial charge < -0.3 is 19.9 Å². The number of aromatic amines is 1. The summed E-state index contributed by atoms with van der Waals surface area (Å²) in [5.41, 5.74) is 1.45. The Kier molecular flexibility index (Phi) is 5.15. The van der Waals surface area contributed by atoms with E-state index < -0.39 is 11.7 Å². The summed E-state index contributed by atoms with van der Waals surface area (Å²) < 4.78 is 5.15. The van der Waals surface area contributed by atoms with E-state index in [0.717, 1.165) is 29.7 Å². The number of carbonyl (C=O) groups is 2. The van der Waals surface area contributed by atoms with Gasteiger partial charge in [-0.2, -0.15) is 0 Å². The van der Waals surface area contributed by atoms with Crippen molar-refractivity contribution in [2.45, 2.75) is 45.1 Å². The Labute approximate surface area is 153 Å². The first-order valence-electron chi connectivity index (χ1n) is 9.01. The fraction of sp³-hybridized carbons (Fsp3) is 0.526. The van der Waals surface area contributed by atoms with E-state index in [-0.39, 0.29) is 12.5 Å². The Hall–Kier alpha value is -2.57. The number of hydrogen-bond acceptors (Lipinski definition) is 4. The van der Waals surface area contributed by atoms with Gasteiger partial charge in [0.2, 0.25) is 5.91 Å². The lowest BCUT2D eigenvalue weighted by atomic mass is 9.96. The van der Waals surface area contributed by atoms with Crippen LogP contribution in [-0.2, 0) is 9.53 Å². The highest BCUT2D eigenvalue weighted by Crippen LogP contribution is 2.27. The SMILES string of the molecule is CC(C)(C)OC(=O)NCC(=O)N1CCC(c2nc3ccccc3[nH]2)CC1. The molecule has 1 aromatic carbocycles. The molecule has 26 heavy (non-hydrogen) atoms. The van der Waals surface area contributed by atoms with Gasteiger partial charge in [-0.1, -0.05) is 12.1 Å². The molecule has 0 radical (unpaired) electrons. The van der Waals surface area contributed by atoms with Crippen molar-refractivity contribution in [2.24, 2.45) is 0 Å². The summed E-state index contributed by atoms with van der Waals surface area (Å²) in [6.07, 6.45) is 1.15. The van der Waals surface area contributed by atoms with E-state index in [1.807, 2.05) is 24.3 Å². The van der Waals surface area contributed by atoms with E-state index in [0.29, 0.717) is 19.0 Å². The van der Waals surface area contributed by atoms with Crippen LogP contribution in [0.15, 0.2) is 24.3 Å². The number of amides is 2. The third-order valence-electron chi connectivity index (χ3n) is 4.42. The molecule has 7 nitrogen and oxygen atoms in total. The molecule has 3 rings (SSSR count). The molecule has 2 heterocycles. The standard InChI is InChI=1S/C19H26N4O3/c1-19(2,3)26-18(25)20-12-16(24)23-10-8-13(9-11-23)17-21-14-6-4-5-7-15(14)22-17/h4-7,13H,8-12H2,1-3H3,(H,20,25)(H,21,22). The normalized spacial score (nSPS) is 15.9. The van der Waals surface area contributed by atoms with E-state index in [1.54, 1.807) is 25.7 Å². The third-order valence-corrected chi connectivity index (χ3v) is 4.42. The highest BCUT2D eigenvalue weighted by atomic mass is 16.6. The van der Waals surface area contributed by atoms with Crippen LogP contribution >= 0.6 is 0 Å². The van der Waals surface area contributed by atoms with Crippen LogP contribution in [-0.4, -0.2) is 52.1 Å². The number of piperidine rings is 1. The van der Waals surface area contributed by atoms with Crippen molar-refractivity contribution >= 4 is 23.0 Å². The maximum absolute atomic E-state index is 12.3. The molecular formula is C19H26N4O3. The van der Waals surface area contributed by atoms with Gasteiger partial charge in [0.1, 0.15) is 18.0 Å². The first-order valence-corrected chi connectivity index (χ1v) is 9.01. The quantitative estimate of drug-likeness (QED) is 0.883. The van der Waals surface area contributed by atoms with Crippen LogP contribution in [0.25, 0.3) is 11.0 Å². The molecule has 0 spiro atoms. The van der Waals surface area contributed by atoms with Gasteiger partial charge in [0, 0.05) is 19.0 Å². The van der Waals surface area contributed by atoms with E-state index in [9.17, 15) is 9.59 Å². The number of hydrogen-bond donors (Lipinski definition) is 2. The van der Waals surface area contributed by atoms with Crippen molar-refractivity contribution in [3.63, 3.8) is 0 Å². The van der Waals surface area contributed by atoms with Crippen LogP contribution in [0.3, 0.4) is 0 Å². The molecule has 1 saturated heterocycles. The minimum absolute atomic E-state index is 0.0375. The first-order chi connectivity index (χ1) is 12.3. The summed E-state index contributed by atoms with van der Waals surface area (Å²) in [5, 5.41) is 2.53. The molecule has 1 aliphatic heterocycles. The average Bonchev–Trinajstić information content (AvgIpc) is 3.02. The van der Waals surface area contributed by atoms with Gasteiger partial charge in [-0.05, 0) is 45.7 Å². The molecule has 0 aliphatic carbocycles. The lowest BCUT2D eigenvalue weighted by molar-refractivity contribution is -0.131. The van der Waals surface area contributed by atoms with Gasteiger partial charge >= 0.3 is 6.09 Å². The fourth-order valence-electron chi connectivity index (χ4n) is 3.14. The van der Waals surface area contributed by atoms with Crippen molar-refractivity contribution in [2.75, 3.05) is 19.6 Å². The van der Waals surface area contributed by atoms with Crippen LogP contribution < -0.4 is 5.32 Å². The second-order valence-corrected chi connectivity index (χ2v) is 7.65. The minimum atomic E-state index is -0.571. The molecule has 2 aromatic rings. The average molecular weight is 358 g/mol. The highest BCUT2D eigenvalue weighted by molar-refractivity contribution is 5.82. The van der Waals surface area contributed by atoms with Gasteiger partial charge in [-0.25, -0.2) is 9.78 Å². The van der Waals surface area contributed by atoms with E-state index in [2.05, 4.69) is 15.3 Å². The Morgan fingerprint density at radius 2 is 1.96 bits per heavy atom. The molecule has 1 aromatic heterocycles. The van der Waals surface area contributed by atoms with Crippen LogP contribution in [0, 0.1) is 0 Å². The third kappa shape index (κ3) is 4.53. The number of nitrogens with zero attached hydrogens (tertiary/aromatic N) is 2. The molecule has 2 amide bonds. The molecular weight excluding hydrogens is 332 g/mol. The summed E-state index contributed by atoms with van der Waals surface area (Å²) in [6, 6.07) is 7.98. The molecule has 0 bridgehead atoms. The van der Waals surface area contributed by atoms with Crippen LogP contribution in [0.2, 0.25) is 0 Å². The Morgan fingerprint density at radius 3 is 2.62 bits per heavy atom. The number of alkyl carbamates (subject to hydrolysis) is 1. The fourth-order valence-corrected chi connectivity index (χ4v) is 3.14. The number of ether oxygens (including phenoxy) is 1. The Morgan fingerprint density at radius 1 is 1.27 bits per heavy atom. The maximum atomic E-state index is 12.3. The van der Waals surface area contributed by atoms with Gasteiger partial charge in [-0.15, -0.1) is 0 Å². The number of fused-ring (bicyclic) bond motifs is 1. The predicted molar refractivity (Wildman–Crippen MR) is 98.9 cm³/mol. The number of imidazole rings is 1. The summed E-state index contributed by atoms with van der Waals surface area (Å²) in [5.74, 6) is 1.23. The number of likely N-dealkylation sites (tertiary alicyclic amines) is 1. The molecule has 0 atom stereocenters. The van der Waals surface area contributed by atoms with Gasteiger partial charge in [0.15, 0.2) is 0 Å². The number of nitrogens with one attached hydrogen (secondary N) is 2. The predicted octanol–water partition coefficient (Wildman–Crippen LogP) is 2.79. The molecule has 1 aliphatic rings. The highest BCUT2D eigenvalue weighted by Gasteiger charge is 2.26. The number of aromatic nitrogens is 2. The molecule has 1 fully saturated rings.